The van der Waals surface area contributed by atoms with E-state index in [-0.39, 0.29) is 24.0 Å². The standard InChI is InChI=1S/C23H25ClN2O3/c1-3-23(28)26(15-17-4-6-18(24)7-5-17)20-9-12-21(13-10-20)29-22-11-8-19(14-22)25-16(2)27/h3-7,9-10,12-13,19,22H,1,8,11,14-15H2,2H3,(H,25,27)/t19-,22-/m1/s1. The van der Waals surface area contributed by atoms with E-state index in [9.17, 15) is 9.59 Å². The van der Waals surface area contributed by atoms with Crippen molar-refractivity contribution in [3.8, 4) is 5.75 Å². The van der Waals surface area contributed by atoms with Crippen molar-refractivity contribution in [1.29, 1.82) is 0 Å². The van der Waals surface area contributed by atoms with Gasteiger partial charge in [-0.25, -0.2) is 0 Å². The van der Waals surface area contributed by atoms with E-state index in [1.54, 1.807) is 17.0 Å². The Morgan fingerprint density at radius 3 is 2.48 bits per heavy atom. The van der Waals surface area contributed by atoms with Crippen molar-refractivity contribution < 1.29 is 14.3 Å². The Bertz CT molecular complexity index is 865. The second kappa shape index (κ2) is 9.61. The molecule has 0 heterocycles. The predicted octanol–water partition coefficient (Wildman–Crippen LogP) is 4.50. The Kier molecular flexibility index (Phi) is 6.94. The van der Waals surface area contributed by atoms with Gasteiger partial charge in [-0.2, -0.15) is 0 Å². The van der Waals surface area contributed by atoms with E-state index in [1.807, 2.05) is 36.4 Å². The molecule has 2 aromatic rings. The lowest BCUT2D eigenvalue weighted by Gasteiger charge is -2.22. The molecule has 0 unspecified atom stereocenters. The number of nitrogens with one attached hydrogen (secondary N) is 1. The fourth-order valence-corrected chi connectivity index (χ4v) is 3.67. The second-order valence-electron chi connectivity index (χ2n) is 7.20. The summed E-state index contributed by atoms with van der Waals surface area (Å²) in [6.45, 7) is 5.56. The molecule has 1 fully saturated rings. The summed E-state index contributed by atoms with van der Waals surface area (Å²) in [7, 11) is 0. The van der Waals surface area contributed by atoms with Gasteiger partial charge in [-0.3, -0.25) is 9.59 Å². The number of ether oxygens (including phenoxy) is 1. The van der Waals surface area contributed by atoms with Gasteiger partial charge in [0.25, 0.3) is 5.91 Å². The van der Waals surface area contributed by atoms with Crippen LogP contribution in [0.5, 0.6) is 5.75 Å². The Labute approximate surface area is 176 Å². The molecule has 0 radical (unpaired) electrons. The minimum atomic E-state index is -0.178. The summed E-state index contributed by atoms with van der Waals surface area (Å²) in [4.78, 5) is 25.2. The van der Waals surface area contributed by atoms with Crippen molar-refractivity contribution in [2.75, 3.05) is 4.90 Å². The van der Waals surface area contributed by atoms with Crippen molar-refractivity contribution in [2.45, 2.75) is 44.9 Å². The van der Waals surface area contributed by atoms with Crippen molar-refractivity contribution in [1.82, 2.24) is 5.32 Å². The predicted molar refractivity (Wildman–Crippen MR) is 115 cm³/mol. The number of anilines is 1. The van der Waals surface area contributed by atoms with E-state index in [0.29, 0.717) is 11.6 Å². The SMILES string of the molecule is C=CC(=O)N(Cc1ccc(Cl)cc1)c1ccc(O[C@@H]2CC[C@@H](NC(C)=O)C2)cc1. The molecule has 1 N–H and O–H groups in total. The van der Waals surface area contributed by atoms with Crippen LogP contribution in [0.3, 0.4) is 0 Å². The molecule has 152 valence electrons. The van der Waals surface area contributed by atoms with Gasteiger partial charge in [0.15, 0.2) is 0 Å². The fraction of sp³-hybridized carbons (Fsp3) is 0.304. The first-order valence-electron chi connectivity index (χ1n) is 9.67. The van der Waals surface area contributed by atoms with Crippen LogP contribution in [0.4, 0.5) is 5.69 Å². The van der Waals surface area contributed by atoms with Gasteiger partial charge in [0, 0.05) is 30.1 Å². The zero-order valence-electron chi connectivity index (χ0n) is 16.4. The van der Waals surface area contributed by atoms with E-state index < -0.39 is 0 Å². The topological polar surface area (TPSA) is 58.6 Å². The molecule has 29 heavy (non-hydrogen) atoms. The third kappa shape index (κ3) is 5.84. The minimum absolute atomic E-state index is 0.00679. The molecule has 5 nitrogen and oxygen atoms in total. The largest absolute Gasteiger partial charge is 0.490 e. The molecule has 6 heteroatoms. The molecule has 1 aliphatic rings. The fourth-order valence-electron chi connectivity index (χ4n) is 3.54. The van der Waals surface area contributed by atoms with E-state index >= 15 is 0 Å². The first kappa shape index (κ1) is 20.9. The molecule has 0 saturated heterocycles. The van der Waals surface area contributed by atoms with Crippen LogP contribution in [0.1, 0.15) is 31.7 Å². The Morgan fingerprint density at radius 1 is 1.17 bits per heavy atom. The van der Waals surface area contributed by atoms with Crippen LogP contribution in [0.25, 0.3) is 0 Å². The average molecular weight is 413 g/mol. The minimum Gasteiger partial charge on any atom is -0.490 e. The Hall–Kier alpha value is -2.79. The third-order valence-corrected chi connectivity index (χ3v) is 5.19. The highest BCUT2D eigenvalue weighted by Gasteiger charge is 2.26. The van der Waals surface area contributed by atoms with E-state index in [0.717, 1.165) is 36.3 Å². The summed E-state index contributed by atoms with van der Waals surface area (Å²) in [5.74, 6) is 0.565. The number of hydrogen-bond acceptors (Lipinski definition) is 3. The first-order valence-corrected chi connectivity index (χ1v) is 10.0. The van der Waals surface area contributed by atoms with E-state index in [1.165, 1.54) is 13.0 Å². The van der Waals surface area contributed by atoms with Gasteiger partial charge in [0.2, 0.25) is 5.91 Å². The van der Waals surface area contributed by atoms with Crippen molar-refractivity contribution in [3.63, 3.8) is 0 Å². The van der Waals surface area contributed by atoms with Gasteiger partial charge in [0.05, 0.1) is 6.54 Å². The highest BCUT2D eigenvalue weighted by molar-refractivity contribution is 6.30. The van der Waals surface area contributed by atoms with Crippen molar-refractivity contribution in [2.24, 2.45) is 0 Å². The van der Waals surface area contributed by atoms with Crippen molar-refractivity contribution >= 4 is 29.1 Å². The van der Waals surface area contributed by atoms with Gasteiger partial charge in [-0.1, -0.05) is 30.3 Å². The number of carbonyl (C=O) groups excluding carboxylic acids is 2. The monoisotopic (exact) mass is 412 g/mol. The summed E-state index contributed by atoms with van der Waals surface area (Å²) in [5.41, 5.74) is 1.74. The molecular formula is C23H25ClN2O3. The summed E-state index contributed by atoms with van der Waals surface area (Å²) >= 11 is 5.94. The molecule has 3 rings (SSSR count). The number of hydrogen-bond donors (Lipinski definition) is 1. The maximum absolute atomic E-state index is 12.4. The maximum atomic E-state index is 12.4. The van der Waals surface area contributed by atoms with Gasteiger partial charge >= 0.3 is 0 Å². The van der Waals surface area contributed by atoms with Gasteiger partial charge < -0.3 is 15.0 Å². The van der Waals surface area contributed by atoms with Gasteiger partial charge in [0.1, 0.15) is 11.9 Å². The molecule has 2 atom stereocenters. The average Bonchev–Trinajstić information content (AvgIpc) is 3.13. The summed E-state index contributed by atoms with van der Waals surface area (Å²) < 4.78 is 6.05. The molecule has 0 bridgehead atoms. The lowest BCUT2D eigenvalue weighted by atomic mass is 10.2. The normalized spacial score (nSPS) is 18.1. The van der Waals surface area contributed by atoms with Gasteiger partial charge in [-0.15, -0.1) is 0 Å². The number of rotatable bonds is 7. The number of carbonyl (C=O) groups is 2. The molecule has 1 saturated carbocycles. The highest BCUT2D eigenvalue weighted by Crippen LogP contribution is 2.27. The first-order chi connectivity index (χ1) is 13.9. The number of halogens is 1. The lowest BCUT2D eigenvalue weighted by Crippen LogP contribution is -2.31. The second-order valence-corrected chi connectivity index (χ2v) is 7.64. The highest BCUT2D eigenvalue weighted by atomic mass is 35.5. The molecule has 1 aliphatic carbocycles. The zero-order valence-corrected chi connectivity index (χ0v) is 17.2. The smallest absolute Gasteiger partial charge is 0.250 e. The lowest BCUT2D eigenvalue weighted by molar-refractivity contribution is -0.119. The quantitative estimate of drug-likeness (QED) is 0.681. The third-order valence-electron chi connectivity index (χ3n) is 4.94. The van der Waals surface area contributed by atoms with Crippen LogP contribution in [-0.2, 0) is 16.1 Å². The molecule has 0 aromatic heterocycles. The number of amides is 2. The van der Waals surface area contributed by atoms with Crippen LogP contribution in [0, 0.1) is 0 Å². The molecular weight excluding hydrogens is 388 g/mol. The van der Waals surface area contributed by atoms with Crippen LogP contribution in [-0.4, -0.2) is 24.0 Å². The number of benzene rings is 2. The zero-order chi connectivity index (χ0) is 20.8. The Balaban J connectivity index is 1.66. The molecule has 0 spiro atoms. The molecule has 0 aliphatic heterocycles. The van der Waals surface area contributed by atoms with Crippen LogP contribution in [0.15, 0.2) is 61.2 Å². The van der Waals surface area contributed by atoms with Crippen LogP contribution in [0.2, 0.25) is 5.02 Å². The van der Waals surface area contributed by atoms with E-state index in [2.05, 4.69) is 11.9 Å². The molecule has 2 aromatic carbocycles. The summed E-state index contributed by atoms with van der Waals surface area (Å²) in [6.07, 6.45) is 4.02. The summed E-state index contributed by atoms with van der Waals surface area (Å²) in [5, 5.41) is 3.60. The van der Waals surface area contributed by atoms with Crippen LogP contribution < -0.4 is 15.0 Å². The van der Waals surface area contributed by atoms with Crippen molar-refractivity contribution in [3.05, 3.63) is 71.8 Å². The summed E-state index contributed by atoms with van der Waals surface area (Å²) in [6, 6.07) is 15.1. The number of nitrogens with zero attached hydrogens (tertiary/aromatic N) is 1. The molecule has 2 amide bonds. The van der Waals surface area contributed by atoms with Gasteiger partial charge in [-0.05, 0) is 60.9 Å². The van der Waals surface area contributed by atoms with Crippen LogP contribution >= 0.6 is 11.6 Å². The maximum Gasteiger partial charge on any atom is 0.250 e. The van der Waals surface area contributed by atoms with E-state index in [4.69, 9.17) is 16.3 Å². The Morgan fingerprint density at radius 2 is 1.86 bits per heavy atom.